The molecule has 1 aromatic carbocycles. The number of anilines is 1. The first-order valence-corrected chi connectivity index (χ1v) is 11.4. The predicted molar refractivity (Wildman–Crippen MR) is 122 cm³/mol. The van der Waals surface area contributed by atoms with Crippen molar-refractivity contribution in [3.8, 4) is 0 Å². The van der Waals surface area contributed by atoms with Crippen molar-refractivity contribution < 1.29 is 9.59 Å². The Kier molecular flexibility index (Phi) is 7.89. The molecule has 0 bridgehead atoms. The number of piperazine rings is 1. The quantitative estimate of drug-likeness (QED) is 0.751. The van der Waals surface area contributed by atoms with Gasteiger partial charge in [0.2, 0.25) is 11.8 Å². The lowest BCUT2D eigenvalue weighted by molar-refractivity contribution is -0.124. The molecule has 0 spiro atoms. The summed E-state index contributed by atoms with van der Waals surface area (Å²) in [7, 11) is 0. The summed E-state index contributed by atoms with van der Waals surface area (Å²) in [5.74, 6) is 1.40. The highest BCUT2D eigenvalue weighted by molar-refractivity contribution is 5.93. The third kappa shape index (κ3) is 6.05. The van der Waals surface area contributed by atoms with Crippen LogP contribution < -0.4 is 10.6 Å². The van der Waals surface area contributed by atoms with Gasteiger partial charge in [-0.25, -0.2) is 0 Å². The topological polar surface area (TPSA) is 64.7 Å². The van der Waals surface area contributed by atoms with Crippen molar-refractivity contribution >= 4 is 17.5 Å². The van der Waals surface area contributed by atoms with Crippen LogP contribution in [0.2, 0.25) is 0 Å². The van der Waals surface area contributed by atoms with Crippen molar-refractivity contribution in [2.45, 2.75) is 53.0 Å². The van der Waals surface area contributed by atoms with Crippen molar-refractivity contribution in [3.05, 3.63) is 29.3 Å². The third-order valence-electron chi connectivity index (χ3n) is 7.13. The van der Waals surface area contributed by atoms with Crippen molar-refractivity contribution in [1.82, 2.24) is 15.1 Å². The van der Waals surface area contributed by atoms with Crippen LogP contribution >= 0.6 is 0 Å². The zero-order valence-electron chi connectivity index (χ0n) is 19.0. The maximum absolute atomic E-state index is 12.5. The van der Waals surface area contributed by atoms with Crippen LogP contribution in [-0.4, -0.2) is 66.9 Å². The number of nitrogens with one attached hydrogen (secondary N) is 2. The summed E-state index contributed by atoms with van der Waals surface area (Å²) in [5.41, 5.74) is 3.18. The first-order valence-electron chi connectivity index (χ1n) is 11.4. The minimum absolute atomic E-state index is 0.0234. The Morgan fingerprint density at radius 2 is 1.60 bits per heavy atom. The largest absolute Gasteiger partial charge is 0.352 e. The maximum Gasteiger partial charge on any atom is 0.238 e. The normalized spacial score (nSPS) is 25.7. The Labute approximate surface area is 181 Å². The minimum Gasteiger partial charge on any atom is -0.352 e. The van der Waals surface area contributed by atoms with Gasteiger partial charge in [0, 0.05) is 37.9 Å². The zero-order valence-corrected chi connectivity index (χ0v) is 19.0. The molecule has 1 saturated heterocycles. The SMILES string of the molecule is Cc1cccc(NC(=O)CN2CCN(CC(=O)N[C@@H]3CCC[C@@H](C)[C@@H]3C)CC2)c1C. The Morgan fingerprint density at radius 3 is 2.27 bits per heavy atom. The van der Waals surface area contributed by atoms with E-state index in [2.05, 4.69) is 47.3 Å². The second-order valence-electron chi connectivity index (χ2n) is 9.29. The number of amides is 2. The summed E-state index contributed by atoms with van der Waals surface area (Å²) in [5, 5.41) is 6.31. The smallest absolute Gasteiger partial charge is 0.238 e. The van der Waals surface area contributed by atoms with Gasteiger partial charge < -0.3 is 10.6 Å². The van der Waals surface area contributed by atoms with Crippen LogP contribution in [0.15, 0.2) is 18.2 Å². The van der Waals surface area contributed by atoms with Crippen molar-refractivity contribution in [1.29, 1.82) is 0 Å². The summed E-state index contributed by atoms with van der Waals surface area (Å²) in [6.45, 7) is 12.7. The fourth-order valence-electron chi connectivity index (χ4n) is 4.63. The number of hydrogen-bond donors (Lipinski definition) is 2. The zero-order chi connectivity index (χ0) is 21.7. The van der Waals surface area contributed by atoms with E-state index < -0.39 is 0 Å². The van der Waals surface area contributed by atoms with Gasteiger partial charge in [0.15, 0.2) is 0 Å². The number of hydrogen-bond acceptors (Lipinski definition) is 4. The fourth-order valence-corrected chi connectivity index (χ4v) is 4.63. The van der Waals surface area contributed by atoms with E-state index in [9.17, 15) is 9.59 Å². The van der Waals surface area contributed by atoms with E-state index in [0.717, 1.165) is 43.9 Å². The lowest BCUT2D eigenvalue weighted by Gasteiger charge is -2.36. The molecule has 2 amide bonds. The highest BCUT2D eigenvalue weighted by Crippen LogP contribution is 2.29. The van der Waals surface area contributed by atoms with E-state index >= 15 is 0 Å². The molecule has 3 atom stereocenters. The summed E-state index contributed by atoms with van der Waals surface area (Å²) < 4.78 is 0. The molecule has 2 fully saturated rings. The van der Waals surface area contributed by atoms with Gasteiger partial charge in [0.25, 0.3) is 0 Å². The van der Waals surface area contributed by atoms with Crippen LogP contribution in [0, 0.1) is 25.7 Å². The summed E-state index contributed by atoms with van der Waals surface area (Å²) in [6, 6.07) is 6.29. The molecule has 0 radical (unpaired) electrons. The van der Waals surface area contributed by atoms with E-state index in [-0.39, 0.29) is 11.8 Å². The second-order valence-corrected chi connectivity index (χ2v) is 9.29. The van der Waals surface area contributed by atoms with Crippen LogP contribution in [0.5, 0.6) is 0 Å². The summed E-state index contributed by atoms with van der Waals surface area (Å²) in [6.07, 6.45) is 3.58. The Hall–Kier alpha value is -1.92. The number of nitrogens with zero attached hydrogens (tertiary/aromatic N) is 2. The molecular formula is C24H38N4O2. The van der Waals surface area contributed by atoms with Gasteiger partial charge in [-0.3, -0.25) is 19.4 Å². The number of aryl methyl sites for hydroxylation is 1. The summed E-state index contributed by atoms with van der Waals surface area (Å²) >= 11 is 0. The van der Waals surface area contributed by atoms with Gasteiger partial charge in [-0.05, 0) is 49.3 Å². The minimum atomic E-state index is 0.0234. The van der Waals surface area contributed by atoms with Gasteiger partial charge in [-0.1, -0.05) is 38.8 Å². The Morgan fingerprint density at radius 1 is 0.967 bits per heavy atom. The fraction of sp³-hybridized carbons (Fsp3) is 0.667. The van der Waals surface area contributed by atoms with Crippen molar-refractivity contribution in [2.24, 2.45) is 11.8 Å². The summed E-state index contributed by atoms with van der Waals surface area (Å²) in [4.78, 5) is 29.3. The first kappa shape index (κ1) is 22.8. The highest BCUT2D eigenvalue weighted by Gasteiger charge is 2.29. The molecule has 6 heteroatoms. The van der Waals surface area contributed by atoms with Gasteiger partial charge in [-0.15, -0.1) is 0 Å². The molecule has 2 N–H and O–H groups in total. The molecule has 1 heterocycles. The molecule has 166 valence electrons. The van der Waals surface area contributed by atoms with E-state index in [1.807, 2.05) is 19.1 Å². The van der Waals surface area contributed by atoms with Gasteiger partial charge in [0.1, 0.15) is 0 Å². The van der Waals surface area contributed by atoms with Gasteiger partial charge >= 0.3 is 0 Å². The van der Waals surface area contributed by atoms with E-state index in [0.29, 0.717) is 31.0 Å². The lowest BCUT2D eigenvalue weighted by atomic mass is 9.78. The number of carbonyl (C=O) groups excluding carboxylic acids is 2. The Balaban J connectivity index is 1.38. The highest BCUT2D eigenvalue weighted by atomic mass is 16.2. The maximum atomic E-state index is 12.5. The molecule has 2 aliphatic rings. The lowest BCUT2D eigenvalue weighted by Crippen LogP contribution is -2.52. The molecular weight excluding hydrogens is 376 g/mol. The van der Waals surface area contributed by atoms with E-state index in [1.54, 1.807) is 0 Å². The van der Waals surface area contributed by atoms with Crippen molar-refractivity contribution in [3.63, 3.8) is 0 Å². The molecule has 0 unspecified atom stereocenters. The molecule has 1 aromatic rings. The van der Waals surface area contributed by atoms with Crippen LogP contribution in [0.3, 0.4) is 0 Å². The van der Waals surface area contributed by atoms with Gasteiger partial charge in [0.05, 0.1) is 13.1 Å². The molecule has 30 heavy (non-hydrogen) atoms. The van der Waals surface area contributed by atoms with E-state index in [4.69, 9.17) is 0 Å². The molecule has 3 rings (SSSR count). The molecule has 6 nitrogen and oxygen atoms in total. The molecule has 0 aromatic heterocycles. The average Bonchev–Trinajstić information content (AvgIpc) is 2.70. The third-order valence-corrected chi connectivity index (χ3v) is 7.13. The number of benzene rings is 1. The average molecular weight is 415 g/mol. The van der Waals surface area contributed by atoms with Crippen molar-refractivity contribution in [2.75, 3.05) is 44.6 Å². The molecule has 1 aliphatic heterocycles. The first-order chi connectivity index (χ1) is 14.3. The van der Waals surface area contributed by atoms with Crippen LogP contribution in [0.1, 0.15) is 44.2 Å². The predicted octanol–water partition coefficient (Wildman–Crippen LogP) is 2.80. The monoisotopic (exact) mass is 414 g/mol. The van der Waals surface area contributed by atoms with Crippen LogP contribution in [0.25, 0.3) is 0 Å². The molecule has 1 saturated carbocycles. The van der Waals surface area contributed by atoms with E-state index in [1.165, 1.54) is 18.4 Å². The number of carbonyl (C=O) groups is 2. The van der Waals surface area contributed by atoms with Crippen LogP contribution in [0.4, 0.5) is 5.69 Å². The van der Waals surface area contributed by atoms with Crippen LogP contribution in [-0.2, 0) is 9.59 Å². The second kappa shape index (κ2) is 10.4. The van der Waals surface area contributed by atoms with Gasteiger partial charge in [-0.2, -0.15) is 0 Å². The number of rotatable bonds is 6. The Bertz CT molecular complexity index is 743. The molecule has 1 aliphatic carbocycles. The standard InChI is InChI=1S/C24H38N4O2/c1-17-7-5-9-21(19(17)3)25-23(29)15-27-11-13-28(14-12-27)16-24(30)26-22-10-6-8-18(2)20(22)4/h5,7,9,18,20,22H,6,8,10-16H2,1-4H3,(H,25,29)(H,26,30)/t18-,20+,22-/m1/s1.